The zero-order valence-corrected chi connectivity index (χ0v) is 11.4. The molecule has 1 aromatic carbocycles. The number of benzene rings is 1. The molecule has 0 aliphatic rings. The zero-order valence-electron chi connectivity index (χ0n) is 10.6. The van der Waals surface area contributed by atoms with E-state index < -0.39 is 17.5 Å². The van der Waals surface area contributed by atoms with Crippen molar-refractivity contribution < 1.29 is 18.0 Å². The van der Waals surface area contributed by atoms with Gasteiger partial charge in [-0.15, -0.1) is 5.10 Å². The number of ketones is 1. The van der Waals surface area contributed by atoms with E-state index in [1.807, 2.05) is 6.92 Å². The Morgan fingerprint density at radius 1 is 1.30 bits per heavy atom. The van der Waals surface area contributed by atoms with Crippen LogP contribution in [0.5, 0.6) is 0 Å². The highest BCUT2D eigenvalue weighted by atomic mass is 32.1. The molecule has 0 bridgehead atoms. The van der Waals surface area contributed by atoms with Gasteiger partial charge in [0.2, 0.25) is 5.78 Å². The molecule has 2 aromatic rings. The number of carbonyl (C=O) groups is 1. The van der Waals surface area contributed by atoms with Crippen LogP contribution in [0.1, 0.15) is 39.8 Å². The van der Waals surface area contributed by atoms with Crippen molar-refractivity contribution in [1.29, 1.82) is 0 Å². The number of rotatable bonds is 4. The molecule has 0 saturated heterocycles. The molecule has 1 aromatic heterocycles. The molecule has 0 spiro atoms. The maximum atomic E-state index is 12.9. The Morgan fingerprint density at radius 2 is 2.00 bits per heavy atom. The van der Waals surface area contributed by atoms with E-state index in [4.69, 9.17) is 0 Å². The minimum atomic E-state index is -4.56. The average Bonchev–Trinajstić information content (AvgIpc) is 2.85. The number of halogens is 3. The lowest BCUT2D eigenvalue weighted by molar-refractivity contribution is -0.137. The van der Waals surface area contributed by atoms with E-state index in [0.29, 0.717) is 12.1 Å². The summed E-state index contributed by atoms with van der Waals surface area (Å²) in [4.78, 5) is 12.5. The van der Waals surface area contributed by atoms with Crippen LogP contribution < -0.4 is 0 Å². The van der Waals surface area contributed by atoms with Gasteiger partial charge in [-0.25, -0.2) is 0 Å². The molecule has 0 aliphatic heterocycles. The van der Waals surface area contributed by atoms with E-state index in [2.05, 4.69) is 9.59 Å². The molecule has 0 unspecified atom stereocenters. The van der Waals surface area contributed by atoms with Gasteiger partial charge in [-0.05, 0) is 24.0 Å². The van der Waals surface area contributed by atoms with Crippen molar-refractivity contribution in [1.82, 2.24) is 9.59 Å². The van der Waals surface area contributed by atoms with Crippen LogP contribution in [0, 0.1) is 0 Å². The molecule has 3 nitrogen and oxygen atoms in total. The maximum Gasteiger partial charge on any atom is 0.417 e. The van der Waals surface area contributed by atoms with Crippen LogP contribution in [0.4, 0.5) is 13.2 Å². The minimum absolute atomic E-state index is 0.184. The molecule has 0 amide bonds. The van der Waals surface area contributed by atoms with Gasteiger partial charge in [0.05, 0.1) is 11.3 Å². The number of aryl methyl sites for hydroxylation is 1. The Hall–Kier alpha value is -1.76. The van der Waals surface area contributed by atoms with E-state index in [-0.39, 0.29) is 10.4 Å². The summed E-state index contributed by atoms with van der Waals surface area (Å²) in [6.07, 6.45) is -3.30. The molecule has 7 heteroatoms. The number of nitrogens with zero attached hydrogens (tertiary/aromatic N) is 2. The van der Waals surface area contributed by atoms with Crippen molar-refractivity contribution in [3.05, 3.63) is 46.0 Å². The Labute approximate surface area is 117 Å². The summed E-state index contributed by atoms with van der Waals surface area (Å²) < 4.78 is 42.4. The third-order valence-electron chi connectivity index (χ3n) is 2.73. The monoisotopic (exact) mass is 300 g/mol. The fourth-order valence-corrected chi connectivity index (χ4v) is 2.49. The molecule has 0 radical (unpaired) electrons. The first-order chi connectivity index (χ1) is 9.45. The van der Waals surface area contributed by atoms with E-state index >= 15 is 0 Å². The van der Waals surface area contributed by atoms with Crippen molar-refractivity contribution >= 4 is 17.3 Å². The second-order valence-electron chi connectivity index (χ2n) is 4.17. The maximum absolute atomic E-state index is 12.9. The summed E-state index contributed by atoms with van der Waals surface area (Å²) in [7, 11) is 0. The lowest BCUT2D eigenvalue weighted by Gasteiger charge is -2.11. The third-order valence-corrected chi connectivity index (χ3v) is 3.49. The molecular formula is C13H11F3N2OS. The first-order valence-corrected chi connectivity index (χ1v) is 6.74. The second-order valence-corrected chi connectivity index (χ2v) is 4.93. The molecule has 0 aliphatic carbocycles. The molecule has 0 fully saturated rings. The van der Waals surface area contributed by atoms with Gasteiger partial charge in [0.25, 0.3) is 0 Å². The van der Waals surface area contributed by atoms with Crippen LogP contribution in [0.3, 0.4) is 0 Å². The van der Waals surface area contributed by atoms with Crippen LogP contribution >= 0.6 is 11.5 Å². The minimum Gasteiger partial charge on any atom is -0.288 e. The molecule has 106 valence electrons. The van der Waals surface area contributed by atoms with Crippen molar-refractivity contribution in [2.45, 2.75) is 25.9 Å². The summed E-state index contributed by atoms with van der Waals surface area (Å²) in [5.74, 6) is -0.670. The topological polar surface area (TPSA) is 42.9 Å². The van der Waals surface area contributed by atoms with Gasteiger partial charge in [-0.2, -0.15) is 13.2 Å². The zero-order chi connectivity index (χ0) is 14.8. The van der Waals surface area contributed by atoms with Crippen LogP contribution in [0.15, 0.2) is 24.3 Å². The number of hydrogen-bond acceptors (Lipinski definition) is 4. The molecule has 1 heterocycles. The summed E-state index contributed by atoms with van der Waals surface area (Å²) in [6, 6.07) is 4.76. The van der Waals surface area contributed by atoms with Crippen LogP contribution in [-0.2, 0) is 12.6 Å². The fraction of sp³-hybridized carbons (Fsp3) is 0.308. The van der Waals surface area contributed by atoms with Crippen LogP contribution in [0.25, 0.3) is 0 Å². The molecule has 0 N–H and O–H groups in total. The van der Waals surface area contributed by atoms with E-state index in [9.17, 15) is 18.0 Å². The van der Waals surface area contributed by atoms with Gasteiger partial charge >= 0.3 is 6.18 Å². The predicted octanol–water partition coefficient (Wildman–Crippen LogP) is 3.74. The van der Waals surface area contributed by atoms with Gasteiger partial charge in [-0.3, -0.25) is 4.79 Å². The summed E-state index contributed by atoms with van der Waals surface area (Å²) in [5, 5.41) is 3.81. The van der Waals surface area contributed by atoms with Gasteiger partial charge in [0, 0.05) is 5.56 Å². The highest BCUT2D eigenvalue weighted by molar-refractivity contribution is 7.08. The predicted molar refractivity (Wildman–Crippen MR) is 68.8 cm³/mol. The lowest BCUT2D eigenvalue weighted by atomic mass is 10.0. The largest absolute Gasteiger partial charge is 0.417 e. The fourth-order valence-electron chi connectivity index (χ4n) is 1.83. The summed E-state index contributed by atoms with van der Waals surface area (Å²) >= 11 is 0.834. The summed E-state index contributed by atoms with van der Waals surface area (Å²) in [6.45, 7) is 1.90. The van der Waals surface area contributed by atoms with E-state index in [0.717, 1.165) is 24.0 Å². The lowest BCUT2D eigenvalue weighted by Crippen LogP contribution is -2.14. The summed E-state index contributed by atoms with van der Waals surface area (Å²) in [5.41, 5.74) is -0.830. The van der Waals surface area contributed by atoms with Crippen molar-refractivity contribution in [3.8, 4) is 0 Å². The molecule has 0 saturated carbocycles. The van der Waals surface area contributed by atoms with Gasteiger partial charge in [-0.1, -0.05) is 36.0 Å². The highest BCUT2D eigenvalue weighted by Gasteiger charge is 2.35. The molecule has 20 heavy (non-hydrogen) atoms. The van der Waals surface area contributed by atoms with Crippen molar-refractivity contribution in [2.75, 3.05) is 0 Å². The average molecular weight is 300 g/mol. The number of alkyl halides is 3. The third kappa shape index (κ3) is 2.87. The molecule has 0 atom stereocenters. The number of hydrogen-bond donors (Lipinski definition) is 0. The van der Waals surface area contributed by atoms with Gasteiger partial charge < -0.3 is 0 Å². The van der Waals surface area contributed by atoms with Gasteiger partial charge in [0.1, 0.15) is 4.88 Å². The second kappa shape index (κ2) is 5.70. The number of aromatic nitrogens is 2. The smallest absolute Gasteiger partial charge is 0.288 e. The highest BCUT2D eigenvalue weighted by Crippen LogP contribution is 2.33. The van der Waals surface area contributed by atoms with E-state index in [1.54, 1.807) is 0 Å². The Balaban J connectivity index is 2.46. The van der Waals surface area contributed by atoms with E-state index in [1.165, 1.54) is 18.2 Å². The normalized spacial score (nSPS) is 11.6. The van der Waals surface area contributed by atoms with Crippen molar-refractivity contribution in [2.24, 2.45) is 0 Å². The first kappa shape index (κ1) is 14.6. The molecule has 2 rings (SSSR count). The van der Waals surface area contributed by atoms with Crippen LogP contribution in [0.2, 0.25) is 0 Å². The first-order valence-electron chi connectivity index (χ1n) is 5.97. The standard InChI is InChI=1S/C13H11F3N2OS/c1-2-5-10-12(20-18-17-10)11(19)8-6-3-4-7-9(8)13(14,15)16/h3-4,6-7H,2,5H2,1H3. The van der Waals surface area contributed by atoms with Gasteiger partial charge in [0.15, 0.2) is 0 Å². The quantitative estimate of drug-likeness (QED) is 0.808. The SMILES string of the molecule is CCCc1nnsc1C(=O)c1ccccc1C(F)(F)F. The van der Waals surface area contributed by atoms with Crippen molar-refractivity contribution in [3.63, 3.8) is 0 Å². The number of carbonyl (C=O) groups excluding carboxylic acids is 1. The molecular weight excluding hydrogens is 289 g/mol. The Morgan fingerprint density at radius 3 is 2.65 bits per heavy atom. The Kier molecular flexibility index (Phi) is 4.17. The van der Waals surface area contributed by atoms with Crippen LogP contribution in [-0.4, -0.2) is 15.4 Å². The Bertz CT molecular complexity index is 622.